The van der Waals surface area contributed by atoms with Gasteiger partial charge >= 0.3 is 7.75 Å². The molecule has 0 radical (unpaired) electrons. The number of anilines is 1. The first-order valence-corrected chi connectivity index (χ1v) is 10.9. The van der Waals surface area contributed by atoms with Crippen molar-refractivity contribution < 1.29 is 13.6 Å². The first kappa shape index (κ1) is 18.5. The van der Waals surface area contributed by atoms with Crippen LogP contribution < -0.4 is 14.1 Å². The number of hydrogen-bond donors (Lipinski definition) is 1. The molecule has 4 rings (SSSR count). The molecule has 0 aliphatic carbocycles. The molecule has 0 bridgehead atoms. The molecule has 8 heteroatoms. The Morgan fingerprint density at radius 2 is 1.46 bits per heavy atom. The summed E-state index contributed by atoms with van der Waals surface area (Å²) in [6, 6.07) is 20.1. The maximum atomic E-state index is 13.7. The maximum absolute atomic E-state index is 13.7. The van der Waals surface area contributed by atoms with Gasteiger partial charge in [-0.3, -0.25) is 5.09 Å². The Bertz CT molecular complexity index is 1130. The van der Waals surface area contributed by atoms with Crippen LogP contribution in [0.25, 0.3) is 11.0 Å². The smallest absolute Gasteiger partial charge is 0.400 e. The Morgan fingerprint density at radius 3 is 2.07 bits per heavy atom. The predicted octanol–water partition coefficient (Wildman–Crippen LogP) is 5.99. The highest BCUT2D eigenvalue weighted by atomic mass is 32.1. The van der Waals surface area contributed by atoms with E-state index in [4.69, 9.17) is 9.05 Å². The average Bonchev–Trinajstić information content (AvgIpc) is 3.11. The van der Waals surface area contributed by atoms with Crippen molar-refractivity contribution in [3.8, 4) is 11.5 Å². The lowest BCUT2D eigenvalue weighted by Crippen LogP contribution is -2.10. The Labute approximate surface area is 167 Å². The van der Waals surface area contributed by atoms with Crippen molar-refractivity contribution >= 4 is 36.2 Å². The summed E-state index contributed by atoms with van der Waals surface area (Å²) in [5.41, 5.74) is 3.85. The largest absolute Gasteiger partial charge is 0.541 e. The van der Waals surface area contributed by atoms with Crippen molar-refractivity contribution in [1.82, 2.24) is 8.75 Å². The lowest BCUT2D eigenvalue weighted by molar-refractivity contribution is 0.392. The molecule has 1 N–H and O–H groups in total. The normalized spacial score (nSPS) is 11.4. The van der Waals surface area contributed by atoms with E-state index >= 15 is 0 Å². The van der Waals surface area contributed by atoms with Crippen molar-refractivity contribution in [2.75, 3.05) is 5.09 Å². The van der Waals surface area contributed by atoms with Crippen molar-refractivity contribution in [2.24, 2.45) is 0 Å². The van der Waals surface area contributed by atoms with E-state index in [1.54, 1.807) is 30.3 Å². The third kappa shape index (κ3) is 4.16. The maximum Gasteiger partial charge on any atom is 0.541 e. The SMILES string of the molecule is Cc1cccc(OP(=O)(Nc2cccc3nsnc23)Oc2cccc(C)c2)c1. The van der Waals surface area contributed by atoms with E-state index < -0.39 is 7.75 Å². The first-order chi connectivity index (χ1) is 13.5. The van der Waals surface area contributed by atoms with Crippen LogP contribution in [0, 0.1) is 13.8 Å². The molecule has 6 nitrogen and oxygen atoms in total. The molecule has 142 valence electrons. The molecule has 0 spiro atoms. The summed E-state index contributed by atoms with van der Waals surface area (Å²) in [7, 11) is -3.82. The van der Waals surface area contributed by atoms with Gasteiger partial charge in [-0.1, -0.05) is 30.3 Å². The molecule has 0 amide bonds. The molecule has 0 aliphatic heterocycles. The van der Waals surface area contributed by atoms with Gasteiger partial charge in [0.05, 0.1) is 17.4 Å². The monoisotopic (exact) mass is 411 g/mol. The minimum Gasteiger partial charge on any atom is -0.400 e. The standard InChI is InChI=1S/C20H18N3O3PS/c1-14-6-3-8-16(12-14)25-27(24,26-17-9-4-7-15(2)13-17)21-18-10-5-11-19-20(18)23-28-22-19/h3-13H,1-2H3,(H,21,24). The molecular formula is C20H18N3O3PS. The lowest BCUT2D eigenvalue weighted by atomic mass is 10.2. The molecule has 4 aromatic rings. The Kier molecular flexibility index (Phi) is 5.03. The van der Waals surface area contributed by atoms with E-state index in [1.807, 2.05) is 50.2 Å². The summed E-state index contributed by atoms with van der Waals surface area (Å²) in [4.78, 5) is 0. The second-order valence-electron chi connectivity index (χ2n) is 6.36. The van der Waals surface area contributed by atoms with Gasteiger partial charge in [-0.2, -0.15) is 8.75 Å². The topological polar surface area (TPSA) is 73.3 Å². The number of aryl methyl sites for hydroxylation is 2. The van der Waals surface area contributed by atoms with E-state index in [0.29, 0.717) is 28.2 Å². The van der Waals surface area contributed by atoms with Gasteiger partial charge < -0.3 is 9.05 Å². The summed E-state index contributed by atoms with van der Waals surface area (Å²) < 4.78 is 33.9. The highest BCUT2D eigenvalue weighted by Gasteiger charge is 2.30. The zero-order valence-electron chi connectivity index (χ0n) is 15.3. The zero-order valence-corrected chi connectivity index (χ0v) is 17.0. The Balaban J connectivity index is 1.71. The molecule has 1 heterocycles. The number of benzene rings is 3. The fourth-order valence-corrected chi connectivity index (χ4v) is 4.67. The molecule has 0 saturated carbocycles. The van der Waals surface area contributed by atoms with Gasteiger partial charge in [0.2, 0.25) is 0 Å². The number of fused-ring (bicyclic) bond motifs is 1. The molecule has 0 fully saturated rings. The fourth-order valence-electron chi connectivity index (χ4n) is 2.73. The van der Waals surface area contributed by atoms with Crippen LogP contribution in [-0.4, -0.2) is 8.75 Å². The molecule has 0 aliphatic rings. The predicted molar refractivity (Wildman–Crippen MR) is 112 cm³/mol. The molecular weight excluding hydrogens is 393 g/mol. The van der Waals surface area contributed by atoms with E-state index in [0.717, 1.165) is 22.9 Å². The van der Waals surface area contributed by atoms with Crippen LogP contribution in [0.2, 0.25) is 0 Å². The second-order valence-corrected chi connectivity index (χ2v) is 8.47. The van der Waals surface area contributed by atoms with Crippen LogP contribution in [0.15, 0.2) is 66.7 Å². The zero-order chi connectivity index (χ0) is 19.6. The quantitative estimate of drug-likeness (QED) is 0.393. The third-order valence-electron chi connectivity index (χ3n) is 3.97. The summed E-state index contributed by atoms with van der Waals surface area (Å²) >= 11 is 1.09. The molecule has 3 aromatic carbocycles. The lowest BCUT2D eigenvalue weighted by Gasteiger charge is -2.21. The van der Waals surface area contributed by atoms with Crippen molar-refractivity contribution in [2.45, 2.75) is 13.8 Å². The molecule has 1 aromatic heterocycles. The minimum absolute atomic E-state index is 0.451. The van der Waals surface area contributed by atoms with Crippen molar-refractivity contribution in [1.29, 1.82) is 0 Å². The molecule has 0 unspecified atom stereocenters. The third-order valence-corrected chi connectivity index (χ3v) is 5.93. The number of rotatable bonds is 6. The van der Waals surface area contributed by atoms with Gasteiger partial charge in [-0.25, -0.2) is 4.57 Å². The number of nitrogens with one attached hydrogen (secondary N) is 1. The number of hydrogen-bond acceptors (Lipinski definition) is 6. The summed E-state index contributed by atoms with van der Waals surface area (Å²) in [6.45, 7) is 3.88. The van der Waals surface area contributed by atoms with Crippen LogP contribution in [0.5, 0.6) is 11.5 Å². The van der Waals surface area contributed by atoms with Gasteiger partial charge in [0, 0.05) is 0 Å². The van der Waals surface area contributed by atoms with Crippen LogP contribution in [0.4, 0.5) is 5.69 Å². The minimum atomic E-state index is -3.82. The van der Waals surface area contributed by atoms with E-state index in [2.05, 4.69) is 13.8 Å². The van der Waals surface area contributed by atoms with E-state index in [1.165, 1.54) is 0 Å². The second kappa shape index (κ2) is 7.62. The molecule has 28 heavy (non-hydrogen) atoms. The Morgan fingerprint density at radius 1 is 0.857 bits per heavy atom. The van der Waals surface area contributed by atoms with Gasteiger partial charge in [-0.05, 0) is 61.4 Å². The molecule has 0 saturated heterocycles. The van der Waals surface area contributed by atoms with Crippen LogP contribution in [0.1, 0.15) is 11.1 Å². The highest BCUT2D eigenvalue weighted by molar-refractivity contribution is 7.56. The van der Waals surface area contributed by atoms with Crippen LogP contribution >= 0.6 is 19.5 Å². The van der Waals surface area contributed by atoms with Crippen LogP contribution in [0.3, 0.4) is 0 Å². The summed E-state index contributed by atoms with van der Waals surface area (Å²) in [5.74, 6) is 0.902. The van der Waals surface area contributed by atoms with Gasteiger partial charge in [0.15, 0.2) is 0 Å². The summed E-state index contributed by atoms with van der Waals surface area (Å²) in [6.07, 6.45) is 0. The summed E-state index contributed by atoms with van der Waals surface area (Å²) in [5, 5.41) is 2.94. The molecule has 0 atom stereocenters. The van der Waals surface area contributed by atoms with Gasteiger partial charge in [0.25, 0.3) is 0 Å². The van der Waals surface area contributed by atoms with Gasteiger partial charge in [-0.15, -0.1) is 0 Å². The van der Waals surface area contributed by atoms with E-state index in [9.17, 15) is 4.57 Å². The highest BCUT2D eigenvalue weighted by Crippen LogP contribution is 2.49. The Hall–Kier alpha value is -2.89. The van der Waals surface area contributed by atoms with Gasteiger partial charge in [0.1, 0.15) is 22.5 Å². The number of aromatic nitrogens is 2. The fraction of sp³-hybridized carbons (Fsp3) is 0.100. The van der Waals surface area contributed by atoms with Crippen LogP contribution in [-0.2, 0) is 4.57 Å². The van der Waals surface area contributed by atoms with Crippen molar-refractivity contribution in [3.05, 3.63) is 77.9 Å². The van der Waals surface area contributed by atoms with Crippen molar-refractivity contribution in [3.63, 3.8) is 0 Å². The average molecular weight is 411 g/mol. The van der Waals surface area contributed by atoms with E-state index in [-0.39, 0.29) is 0 Å². The number of nitrogens with zero attached hydrogens (tertiary/aromatic N) is 2. The first-order valence-electron chi connectivity index (χ1n) is 8.63.